The second-order valence-corrected chi connectivity index (χ2v) is 12.7. The fourth-order valence-electron chi connectivity index (χ4n) is 9.88. The second kappa shape index (κ2) is 9.51. The molecule has 3 nitrogen and oxygen atoms in total. The predicted molar refractivity (Wildman–Crippen MR) is 137 cm³/mol. The zero-order valence-corrected chi connectivity index (χ0v) is 21.7. The molecule has 34 heavy (non-hydrogen) atoms. The number of carboxylic acids is 1. The number of carbonyl (C=O) groups is 1. The first kappa shape index (κ1) is 24.2. The summed E-state index contributed by atoms with van der Waals surface area (Å²) >= 11 is 0. The molecule has 6 unspecified atom stereocenters. The predicted octanol–water partition coefficient (Wildman–Crippen LogP) is 8.23. The fourth-order valence-corrected chi connectivity index (χ4v) is 9.88. The molecule has 0 aliphatic heterocycles. The fraction of sp³-hybridized carbons (Fsp3) is 0.774. The van der Waals surface area contributed by atoms with E-state index in [1.165, 1.54) is 70.6 Å². The largest absolute Gasteiger partial charge is 0.493 e. The van der Waals surface area contributed by atoms with Crippen molar-refractivity contribution < 1.29 is 14.6 Å². The van der Waals surface area contributed by atoms with Crippen molar-refractivity contribution in [2.24, 2.45) is 46.3 Å². The van der Waals surface area contributed by atoms with E-state index in [1.54, 1.807) is 18.2 Å². The summed E-state index contributed by atoms with van der Waals surface area (Å²) in [6.45, 7) is 8.42. The van der Waals surface area contributed by atoms with Gasteiger partial charge in [-0.3, -0.25) is 0 Å². The number of rotatable bonds is 7. The number of aromatic carboxylic acids is 1. The zero-order valence-electron chi connectivity index (χ0n) is 21.7. The van der Waals surface area contributed by atoms with Crippen LogP contribution in [0, 0.1) is 46.3 Å². The highest BCUT2D eigenvalue weighted by Gasteiger charge is 2.60. The lowest BCUT2D eigenvalue weighted by Gasteiger charge is -2.62. The number of benzene rings is 1. The van der Waals surface area contributed by atoms with Gasteiger partial charge in [0.25, 0.3) is 0 Å². The molecule has 0 saturated heterocycles. The highest BCUT2D eigenvalue weighted by molar-refractivity contribution is 5.90. The molecule has 0 aromatic heterocycles. The van der Waals surface area contributed by atoms with Crippen LogP contribution in [-0.2, 0) is 0 Å². The van der Waals surface area contributed by atoms with Crippen molar-refractivity contribution in [2.75, 3.05) is 6.61 Å². The zero-order chi connectivity index (χ0) is 23.9. The van der Waals surface area contributed by atoms with E-state index in [9.17, 15) is 9.90 Å². The molecule has 188 valence electrons. The van der Waals surface area contributed by atoms with Crippen molar-refractivity contribution >= 4 is 5.97 Å². The molecular weight excluding hydrogens is 420 g/mol. The van der Waals surface area contributed by atoms with Crippen LogP contribution in [0.4, 0.5) is 0 Å². The van der Waals surface area contributed by atoms with E-state index in [2.05, 4.69) is 20.8 Å². The molecule has 0 amide bonds. The SMILES string of the molecule is CC[C@H]1CC2C3CCC(CCCOc4ccccc4C(=O)O)C3(C)CC[C@@H]2C2(C)CCCCC12. The van der Waals surface area contributed by atoms with Crippen LogP contribution >= 0.6 is 0 Å². The standard InChI is InChI=1S/C31H46O3/c1-4-21-20-24-26-15-14-22(10-9-19-34-28-13-6-5-11-23(28)29(32)33)30(26,2)18-16-27(24)31(3)17-8-7-12-25(21)31/h5-6,11,13,21-22,24-27H,4,7-10,12,14-20H2,1-3H3,(H,32,33)/t21-,22?,24?,25?,26?,27-,30?,31?/m0/s1. The van der Waals surface area contributed by atoms with Crippen LogP contribution < -0.4 is 4.74 Å². The van der Waals surface area contributed by atoms with Crippen molar-refractivity contribution in [2.45, 2.75) is 97.8 Å². The maximum absolute atomic E-state index is 11.5. The van der Waals surface area contributed by atoms with Gasteiger partial charge in [-0.05, 0) is 116 Å². The molecule has 1 N–H and O–H groups in total. The van der Waals surface area contributed by atoms with E-state index in [1.807, 2.05) is 6.07 Å². The molecule has 8 atom stereocenters. The summed E-state index contributed by atoms with van der Waals surface area (Å²) in [4.78, 5) is 11.5. The van der Waals surface area contributed by atoms with Crippen LogP contribution in [0.3, 0.4) is 0 Å². The molecule has 4 aliphatic rings. The van der Waals surface area contributed by atoms with Gasteiger partial charge in [-0.25, -0.2) is 4.79 Å². The average molecular weight is 467 g/mol. The van der Waals surface area contributed by atoms with Crippen LogP contribution in [-0.4, -0.2) is 17.7 Å². The molecule has 4 aliphatic carbocycles. The first-order chi connectivity index (χ1) is 16.4. The summed E-state index contributed by atoms with van der Waals surface area (Å²) in [5.41, 5.74) is 1.37. The maximum Gasteiger partial charge on any atom is 0.339 e. The van der Waals surface area contributed by atoms with Crippen LogP contribution in [0.15, 0.2) is 24.3 Å². The first-order valence-electron chi connectivity index (χ1n) is 14.3. The summed E-state index contributed by atoms with van der Waals surface area (Å²) in [7, 11) is 0. The van der Waals surface area contributed by atoms with Crippen molar-refractivity contribution in [1.29, 1.82) is 0 Å². The van der Waals surface area contributed by atoms with Gasteiger partial charge in [0.1, 0.15) is 11.3 Å². The highest BCUT2D eigenvalue weighted by Crippen LogP contribution is 2.69. The number of hydrogen-bond acceptors (Lipinski definition) is 2. The third kappa shape index (κ3) is 3.99. The molecule has 0 bridgehead atoms. The van der Waals surface area contributed by atoms with E-state index in [0.29, 0.717) is 23.2 Å². The lowest BCUT2D eigenvalue weighted by atomic mass is 9.42. The minimum absolute atomic E-state index is 0.269. The van der Waals surface area contributed by atoms with Gasteiger partial charge < -0.3 is 9.84 Å². The van der Waals surface area contributed by atoms with Crippen LogP contribution in [0.25, 0.3) is 0 Å². The van der Waals surface area contributed by atoms with Gasteiger partial charge in [0.2, 0.25) is 0 Å². The smallest absolute Gasteiger partial charge is 0.339 e. The van der Waals surface area contributed by atoms with E-state index in [0.717, 1.165) is 41.9 Å². The van der Waals surface area contributed by atoms with Gasteiger partial charge >= 0.3 is 5.97 Å². The normalized spacial score (nSPS) is 41.3. The number of fused-ring (bicyclic) bond motifs is 5. The molecule has 4 fully saturated rings. The average Bonchev–Trinajstić information content (AvgIpc) is 3.17. The third-order valence-corrected chi connectivity index (χ3v) is 11.5. The highest BCUT2D eigenvalue weighted by atomic mass is 16.5. The quantitative estimate of drug-likeness (QED) is 0.412. The molecule has 1 aromatic rings. The monoisotopic (exact) mass is 466 g/mol. The Morgan fingerprint density at radius 3 is 2.59 bits per heavy atom. The number of hydrogen-bond donors (Lipinski definition) is 1. The summed E-state index contributed by atoms with van der Waals surface area (Å²) < 4.78 is 5.93. The molecule has 4 saturated carbocycles. The Hall–Kier alpha value is -1.51. The Morgan fingerprint density at radius 1 is 1.00 bits per heavy atom. The van der Waals surface area contributed by atoms with E-state index in [4.69, 9.17) is 4.74 Å². The Kier molecular flexibility index (Phi) is 6.77. The van der Waals surface area contributed by atoms with Crippen LogP contribution in [0.2, 0.25) is 0 Å². The molecule has 0 heterocycles. The molecule has 3 heteroatoms. The van der Waals surface area contributed by atoms with Gasteiger partial charge in [-0.2, -0.15) is 0 Å². The second-order valence-electron chi connectivity index (χ2n) is 12.7. The lowest BCUT2D eigenvalue weighted by Crippen LogP contribution is -2.55. The van der Waals surface area contributed by atoms with E-state index >= 15 is 0 Å². The van der Waals surface area contributed by atoms with Crippen molar-refractivity contribution in [3.8, 4) is 5.75 Å². The summed E-state index contributed by atoms with van der Waals surface area (Å²) in [5.74, 6) is 5.17. The molecule has 5 rings (SSSR count). The van der Waals surface area contributed by atoms with E-state index < -0.39 is 5.97 Å². The topological polar surface area (TPSA) is 46.5 Å². The van der Waals surface area contributed by atoms with Gasteiger partial charge in [0, 0.05) is 0 Å². The minimum Gasteiger partial charge on any atom is -0.493 e. The van der Waals surface area contributed by atoms with Gasteiger partial charge in [0.05, 0.1) is 6.61 Å². The lowest BCUT2D eigenvalue weighted by molar-refractivity contribution is -0.135. The number of para-hydroxylation sites is 1. The third-order valence-electron chi connectivity index (χ3n) is 11.5. The van der Waals surface area contributed by atoms with Gasteiger partial charge in [-0.15, -0.1) is 0 Å². The van der Waals surface area contributed by atoms with Crippen LogP contribution in [0.5, 0.6) is 5.75 Å². The summed E-state index contributed by atoms with van der Waals surface area (Å²) in [5, 5.41) is 9.40. The number of ether oxygens (including phenoxy) is 1. The Bertz CT molecular complexity index is 879. The first-order valence-corrected chi connectivity index (χ1v) is 14.3. The maximum atomic E-state index is 11.5. The van der Waals surface area contributed by atoms with Crippen molar-refractivity contribution in [3.05, 3.63) is 29.8 Å². The van der Waals surface area contributed by atoms with Crippen molar-refractivity contribution in [3.63, 3.8) is 0 Å². The summed E-state index contributed by atoms with van der Waals surface area (Å²) in [6, 6.07) is 7.03. The Balaban J connectivity index is 1.23. The number of carboxylic acid groups (broad SMARTS) is 1. The summed E-state index contributed by atoms with van der Waals surface area (Å²) in [6.07, 6.45) is 16.7. The van der Waals surface area contributed by atoms with Crippen LogP contribution in [0.1, 0.15) is 108 Å². The van der Waals surface area contributed by atoms with Gasteiger partial charge in [-0.1, -0.05) is 52.2 Å². The van der Waals surface area contributed by atoms with Crippen molar-refractivity contribution in [1.82, 2.24) is 0 Å². The minimum atomic E-state index is -0.912. The van der Waals surface area contributed by atoms with E-state index in [-0.39, 0.29) is 5.56 Å². The Morgan fingerprint density at radius 2 is 1.79 bits per heavy atom. The molecule has 1 aromatic carbocycles. The molecule has 0 spiro atoms. The molecule has 0 radical (unpaired) electrons. The molecular formula is C31H46O3. The van der Waals surface area contributed by atoms with Gasteiger partial charge in [0.15, 0.2) is 0 Å². The Labute approximate surface area is 207 Å².